The first-order chi connectivity index (χ1) is 11.1. The van der Waals surface area contributed by atoms with Crippen molar-refractivity contribution in [1.82, 2.24) is 9.80 Å². The molecule has 23 heavy (non-hydrogen) atoms. The van der Waals surface area contributed by atoms with Gasteiger partial charge in [0.25, 0.3) is 0 Å². The molecular formula is C17H24N2O4. The van der Waals surface area contributed by atoms with Gasteiger partial charge in [0.15, 0.2) is 0 Å². The molecule has 0 aromatic heterocycles. The van der Waals surface area contributed by atoms with Crippen molar-refractivity contribution in [3.8, 4) is 5.75 Å². The van der Waals surface area contributed by atoms with E-state index in [1.54, 1.807) is 11.9 Å². The Morgan fingerprint density at radius 3 is 2.74 bits per heavy atom. The minimum Gasteiger partial charge on any atom is -0.491 e. The summed E-state index contributed by atoms with van der Waals surface area (Å²) in [5.41, 5.74) is 0.866. The van der Waals surface area contributed by atoms with Crippen LogP contribution >= 0.6 is 0 Å². The van der Waals surface area contributed by atoms with E-state index < -0.39 is 0 Å². The number of amides is 1. The third-order valence-electron chi connectivity index (χ3n) is 4.45. The molecule has 2 fully saturated rings. The molecule has 0 radical (unpaired) electrons. The van der Waals surface area contributed by atoms with Gasteiger partial charge >= 0.3 is 6.09 Å². The van der Waals surface area contributed by atoms with Gasteiger partial charge in [0, 0.05) is 20.1 Å². The number of rotatable bonds is 5. The zero-order valence-electron chi connectivity index (χ0n) is 13.5. The number of carbonyl (C=O) groups is 1. The van der Waals surface area contributed by atoms with E-state index in [1.807, 2.05) is 24.3 Å². The van der Waals surface area contributed by atoms with Crippen LogP contribution < -0.4 is 4.74 Å². The first-order valence-corrected chi connectivity index (χ1v) is 8.09. The highest BCUT2D eigenvalue weighted by Crippen LogP contribution is 2.32. The zero-order valence-corrected chi connectivity index (χ0v) is 13.5. The molecule has 6 nitrogen and oxygen atoms in total. The minimum atomic E-state index is -0.339. The number of ether oxygens (including phenoxy) is 2. The first kappa shape index (κ1) is 16.1. The number of hydrogen-bond acceptors (Lipinski definition) is 5. The first-order valence-electron chi connectivity index (χ1n) is 8.09. The molecule has 0 bridgehead atoms. The van der Waals surface area contributed by atoms with Gasteiger partial charge in [-0.1, -0.05) is 12.1 Å². The minimum absolute atomic E-state index is 0.0186. The van der Waals surface area contributed by atoms with E-state index in [9.17, 15) is 4.79 Å². The van der Waals surface area contributed by atoms with Gasteiger partial charge in [-0.3, -0.25) is 4.90 Å². The monoisotopic (exact) mass is 320 g/mol. The predicted molar refractivity (Wildman–Crippen MR) is 85.4 cm³/mol. The van der Waals surface area contributed by atoms with Crippen molar-refractivity contribution in [3.63, 3.8) is 0 Å². The fourth-order valence-corrected chi connectivity index (χ4v) is 3.44. The van der Waals surface area contributed by atoms with E-state index >= 15 is 0 Å². The lowest BCUT2D eigenvalue weighted by molar-refractivity contribution is -0.0113. The van der Waals surface area contributed by atoms with Gasteiger partial charge in [-0.15, -0.1) is 0 Å². The Labute approximate surface area is 136 Å². The summed E-state index contributed by atoms with van der Waals surface area (Å²) in [6.07, 6.45) is 1.77. The molecule has 3 rings (SSSR count). The third kappa shape index (κ3) is 3.76. The number of likely N-dealkylation sites (tertiary alicyclic amines) is 1. The maximum absolute atomic E-state index is 11.7. The second-order valence-corrected chi connectivity index (χ2v) is 6.44. The summed E-state index contributed by atoms with van der Waals surface area (Å²) in [6, 6.07) is 7.93. The average molecular weight is 320 g/mol. The molecule has 1 spiro atoms. The summed E-state index contributed by atoms with van der Waals surface area (Å²) in [7, 11) is 1.79. The molecule has 0 saturated carbocycles. The lowest BCUT2D eigenvalue weighted by Gasteiger charge is -2.38. The molecule has 2 aliphatic heterocycles. The Morgan fingerprint density at radius 1 is 1.30 bits per heavy atom. The Balaban J connectivity index is 1.58. The molecule has 2 saturated heterocycles. The fourth-order valence-electron chi connectivity index (χ4n) is 3.44. The predicted octanol–water partition coefficient (Wildman–Crippen LogP) is 1.47. The summed E-state index contributed by atoms with van der Waals surface area (Å²) in [5, 5.41) is 8.77. The van der Waals surface area contributed by atoms with E-state index in [4.69, 9.17) is 14.6 Å². The van der Waals surface area contributed by atoms with Crippen LogP contribution in [0.5, 0.6) is 5.75 Å². The Bertz CT molecular complexity index is 548. The Hall–Kier alpha value is -1.79. The van der Waals surface area contributed by atoms with E-state index in [2.05, 4.69) is 4.90 Å². The number of aliphatic hydroxyl groups is 1. The van der Waals surface area contributed by atoms with Crippen molar-refractivity contribution in [2.45, 2.75) is 25.0 Å². The summed E-state index contributed by atoms with van der Waals surface area (Å²) in [6.45, 7) is 3.65. The average Bonchev–Trinajstić information content (AvgIpc) is 2.80. The van der Waals surface area contributed by atoms with Gasteiger partial charge < -0.3 is 19.5 Å². The normalized spacial score (nSPS) is 25.0. The van der Waals surface area contributed by atoms with Crippen LogP contribution in [0.15, 0.2) is 24.3 Å². The number of aliphatic hydroxyl groups excluding tert-OH is 1. The van der Waals surface area contributed by atoms with Crippen molar-refractivity contribution in [2.75, 3.05) is 39.9 Å². The van der Waals surface area contributed by atoms with Gasteiger partial charge in [-0.05, 0) is 37.1 Å². The number of piperidine rings is 1. The molecule has 1 atom stereocenters. The maximum Gasteiger partial charge on any atom is 0.410 e. The van der Waals surface area contributed by atoms with Gasteiger partial charge in [0.1, 0.15) is 18.0 Å². The van der Waals surface area contributed by atoms with E-state index in [1.165, 1.54) is 5.56 Å². The molecular weight excluding hydrogens is 296 g/mol. The maximum atomic E-state index is 11.7. The van der Waals surface area contributed by atoms with Crippen LogP contribution in [0.25, 0.3) is 0 Å². The van der Waals surface area contributed by atoms with Gasteiger partial charge in [-0.25, -0.2) is 4.79 Å². The van der Waals surface area contributed by atoms with Crippen molar-refractivity contribution in [2.24, 2.45) is 0 Å². The molecule has 0 aliphatic carbocycles. The molecule has 6 heteroatoms. The molecule has 1 N–H and O–H groups in total. The number of nitrogens with zero attached hydrogens (tertiary/aromatic N) is 2. The smallest absolute Gasteiger partial charge is 0.410 e. The van der Waals surface area contributed by atoms with Gasteiger partial charge in [0.05, 0.1) is 13.2 Å². The molecule has 1 amide bonds. The van der Waals surface area contributed by atoms with Crippen LogP contribution in [0, 0.1) is 0 Å². The summed E-state index contributed by atoms with van der Waals surface area (Å²) in [4.78, 5) is 15.7. The number of hydrogen-bond donors (Lipinski definition) is 1. The van der Waals surface area contributed by atoms with Gasteiger partial charge in [0.2, 0.25) is 0 Å². The quantitative estimate of drug-likeness (QED) is 0.890. The lowest BCUT2D eigenvalue weighted by Crippen LogP contribution is -2.50. The largest absolute Gasteiger partial charge is 0.491 e. The highest BCUT2D eigenvalue weighted by molar-refractivity contribution is 5.70. The molecule has 2 aliphatic rings. The van der Waals surface area contributed by atoms with E-state index in [0.717, 1.165) is 38.2 Å². The summed E-state index contributed by atoms with van der Waals surface area (Å²) >= 11 is 0. The topological polar surface area (TPSA) is 62.2 Å². The second kappa shape index (κ2) is 6.76. The SMILES string of the molecule is CN1C[C@]2(CCCN(Cc3ccc(OCCO)cc3)C2)OC1=O. The van der Waals surface area contributed by atoms with Crippen molar-refractivity contribution < 1.29 is 19.4 Å². The molecule has 1 aromatic rings. The van der Waals surface area contributed by atoms with Crippen molar-refractivity contribution in [3.05, 3.63) is 29.8 Å². The molecule has 126 valence electrons. The van der Waals surface area contributed by atoms with Crippen LogP contribution in [-0.4, -0.2) is 66.5 Å². The fraction of sp³-hybridized carbons (Fsp3) is 0.588. The molecule has 1 aromatic carbocycles. The molecule has 0 unspecified atom stereocenters. The summed E-state index contributed by atoms with van der Waals surface area (Å²) < 4.78 is 11.0. The van der Waals surface area contributed by atoms with Crippen molar-refractivity contribution in [1.29, 1.82) is 0 Å². The van der Waals surface area contributed by atoms with Crippen LogP contribution in [0.4, 0.5) is 4.79 Å². The number of carbonyl (C=O) groups excluding carboxylic acids is 1. The highest BCUT2D eigenvalue weighted by atomic mass is 16.6. The molecule has 2 heterocycles. The Morgan fingerprint density at radius 2 is 2.09 bits per heavy atom. The third-order valence-corrected chi connectivity index (χ3v) is 4.45. The zero-order chi connectivity index (χ0) is 16.3. The van der Waals surface area contributed by atoms with E-state index in [0.29, 0.717) is 13.2 Å². The van der Waals surface area contributed by atoms with Crippen LogP contribution in [0.1, 0.15) is 18.4 Å². The van der Waals surface area contributed by atoms with E-state index in [-0.39, 0.29) is 18.3 Å². The highest BCUT2D eigenvalue weighted by Gasteiger charge is 2.46. The van der Waals surface area contributed by atoms with Gasteiger partial charge in [-0.2, -0.15) is 0 Å². The second-order valence-electron chi connectivity index (χ2n) is 6.44. The summed E-state index contributed by atoms with van der Waals surface area (Å²) in [5.74, 6) is 0.768. The Kier molecular flexibility index (Phi) is 4.73. The lowest BCUT2D eigenvalue weighted by atomic mass is 9.92. The van der Waals surface area contributed by atoms with Crippen LogP contribution in [0.3, 0.4) is 0 Å². The van der Waals surface area contributed by atoms with Crippen molar-refractivity contribution >= 4 is 6.09 Å². The number of likely N-dealkylation sites (N-methyl/N-ethyl adjacent to an activating group) is 1. The van der Waals surface area contributed by atoms with Crippen LogP contribution in [-0.2, 0) is 11.3 Å². The standard InChI is InChI=1S/C17H24N2O4/c1-18-12-17(23-16(18)21)7-2-8-19(13-17)11-14-3-5-15(6-4-14)22-10-9-20/h3-6,20H,2,7-13H2,1H3/t17-/m0/s1. The number of benzene rings is 1. The van der Waals surface area contributed by atoms with Crippen LogP contribution in [0.2, 0.25) is 0 Å².